The minimum absolute atomic E-state index is 0.102. The highest BCUT2D eigenvalue weighted by Crippen LogP contribution is 2.36. The zero-order chi connectivity index (χ0) is 13.2. The lowest BCUT2D eigenvalue weighted by atomic mass is 9.71. The van der Waals surface area contributed by atoms with Gasteiger partial charge in [0.1, 0.15) is 5.82 Å². The fourth-order valence-corrected chi connectivity index (χ4v) is 2.69. The number of benzene rings is 1. The van der Waals surface area contributed by atoms with Crippen LogP contribution in [0.3, 0.4) is 0 Å². The Morgan fingerprint density at radius 2 is 2.06 bits per heavy atom. The molecule has 1 aliphatic rings. The molecule has 3 heteroatoms. The first-order valence-corrected chi connectivity index (χ1v) is 6.61. The second kappa shape index (κ2) is 5.19. The van der Waals surface area contributed by atoms with Crippen LogP contribution in [0.1, 0.15) is 42.1 Å². The summed E-state index contributed by atoms with van der Waals surface area (Å²) in [5.74, 6) is -0.188. The molecule has 0 bridgehead atoms. The van der Waals surface area contributed by atoms with Crippen LogP contribution in [0.4, 0.5) is 4.39 Å². The fraction of sp³-hybridized carbons (Fsp3) is 0.533. The van der Waals surface area contributed by atoms with Crippen LogP contribution in [0.25, 0.3) is 0 Å². The highest BCUT2D eigenvalue weighted by molar-refractivity contribution is 6.00. The fourth-order valence-electron chi connectivity index (χ4n) is 2.69. The summed E-state index contributed by atoms with van der Waals surface area (Å²) in [5, 5.41) is 3.27. The number of aryl methyl sites for hydroxylation is 1. The Morgan fingerprint density at radius 1 is 1.39 bits per heavy atom. The number of hydrogen-bond donors (Lipinski definition) is 1. The Hall–Kier alpha value is -1.22. The van der Waals surface area contributed by atoms with Crippen molar-refractivity contribution in [3.05, 3.63) is 35.1 Å². The lowest BCUT2D eigenvalue weighted by Crippen LogP contribution is -2.41. The third-order valence-corrected chi connectivity index (χ3v) is 4.15. The van der Waals surface area contributed by atoms with E-state index >= 15 is 0 Å². The van der Waals surface area contributed by atoms with E-state index < -0.39 is 0 Å². The number of hydrogen-bond acceptors (Lipinski definition) is 2. The number of rotatable bonds is 3. The SMILES string of the molecule is CCC1(C(=O)c2ccc(C)c(F)c2)CCNCC1. The Morgan fingerprint density at radius 3 is 2.61 bits per heavy atom. The minimum Gasteiger partial charge on any atom is -0.317 e. The van der Waals surface area contributed by atoms with Gasteiger partial charge in [-0.15, -0.1) is 0 Å². The van der Waals surface area contributed by atoms with Gasteiger partial charge in [0.2, 0.25) is 0 Å². The lowest BCUT2D eigenvalue weighted by Gasteiger charge is -2.35. The molecule has 1 fully saturated rings. The van der Waals surface area contributed by atoms with Crippen molar-refractivity contribution >= 4 is 5.78 Å². The van der Waals surface area contributed by atoms with E-state index in [0.29, 0.717) is 11.1 Å². The standard InChI is InChI=1S/C15H20FNO/c1-3-15(6-8-17-9-7-15)14(18)12-5-4-11(2)13(16)10-12/h4-5,10,17H,3,6-9H2,1-2H3. The minimum atomic E-state index is -0.299. The van der Waals surface area contributed by atoms with E-state index in [0.717, 1.165) is 32.4 Å². The second-order valence-corrected chi connectivity index (χ2v) is 5.18. The summed E-state index contributed by atoms with van der Waals surface area (Å²) in [6.45, 7) is 5.50. The maximum atomic E-state index is 13.6. The van der Waals surface area contributed by atoms with E-state index in [-0.39, 0.29) is 17.0 Å². The highest BCUT2D eigenvalue weighted by atomic mass is 19.1. The predicted molar refractivity (Wildman–Crippen MR) is 70.3 cm³/mol. The van der Waals surface area contributed by atoms with Crippen molar-refractivity contribution < 1.29 is 9.18 Å². The molecule has 1 N–H and O–H groups in total. The van der Waals surface area contributed by atoms with Gasteiger partial charge in [0.15, 0.2) is 5.78 Å². The van der Waals surface area contributed by atoms with Gasteiger partial charge >= 0.3 is 0 Å². The number of carbonyl (C=O) groups is 1. The van der Waals surface area contributed by atoms with Gasteiger partial charge in [-0.3, -0.25) is 4.79 Å². The van der Waals surface area contributed by atoms with Crippen molar-refractivity contribution in [2.45, 2.75) is 33.1 Å². The van der Waals surface area contributed by atoms with Crippen LogP contribution in [0.5, 0.6) is 0 Å². The molecule has 0 unspecified atom stereocenters. The molecule has 0 saturated carbocycles. The van der Waals surface area contributed by atoms with Crippen molar-refractivity contribution in [3.63, 3.8) is 0 Å². The van der Waals surface area contributed by atoms with E-state index in [9.17, 15) is 9.18 Å². The third-order valence-electron chi connectivity index (χ3n) is 4.15. The Labute approximate surface area is 108 Å². The van der Waals surface area contributed by atoms with Crippen LogP contribution in [0, 0.1) is 18.2 Å². The average molecular weight is 249 g/mol. The lowest BCUT2D eigenvalue weighted by molar-refractivity contribution is 0.0717. The quantitative estimate of drug-likeness (QED) is 0.834. The number of ketones is 1. The van der Waals surface area contributed by atoms with Crippen LogP contribution >= 0.6 is 0 Å². The number of carbonyl (C=O) groups excluding carboxylic acids is 1. The van der Waals surface area contributed by atoms with Crippen molar-refractivity contribution in [1.82, 2.24) is 5.32 Å². The first-order chi connectivity index (χ1) is 8.59. The van der Waals surface area contributed by atoms with Crippen LogP contribution in [-0.4, -0.2) is 18.9 Å². The largest absolute Gasteiger partial charge is 0.317 e. The van der Waals surface area contributed by atoms with Crippen LogP contribution in [-0.2, 0) is 0 Å². The number of piperidine rings is 1. The molecule has 18 heavy (non-hydrogen) atoms. The van der Waals surface area contributed by atoms with Gasteiger partial charge in [0, 0.05) is 11.0 Å². The Bertz CT molecular complexity index is 450. The van der Waals surface area contributed by atoms with Crippen molar-refractivity contribution in [2.75, 3.05) is 13.1 Å². The molecule has 98 valence electrons. The van der Waals surface area contributed by atoms with Gasteiger partial charge in [0.25, 0.3) is 0 Å². The molecule has 0 aromatic heterocycles. The summed E-state index contributed by atoms with van der Waals surface area (Å²) < 4.78 is 13.6. The first kappa shape index (κ1) is 13.2. The Kier molecular flexibility index (Phi) is 3.81. The average Bonchev–Trinajstić information content (AvgIpc) is 2.42. The maximum absolute atomic E-state index is 13.6. The number of nitrogens with one attached hydrogen (secondary N) is 1. The van der Waals surface area contributed by atoms with E-state index in [2.05, 4.69) is 5.32 Å². The summed E-state index contributed by atoms with van der Waals surface area (Å²) in [6, 6.07) is 4.82. The van der Waals surface area contributed by atoms with Gasteiger partial charge in [-0.1, -0.05) is 19.1 Å². The molecule has 1 saturated heterocycles. The molecule has 1 aliphatic heterocycles. The summed E-state index contributed by atoms with van der Waals surface area (Å²) >= 11 is 0. The third kappa shape index (κ3) is 2.32. The molecule has 0 spiro atoms. The molecule has 0 atom stereocenters. The van der Waals surface area contributed by atoms with E-state index in [1.165, 1.54) is 6.07 Å². The molecule has 0 radical (unpaired) electrons. The van der Waals surface area contributed by atoms with E-state index in [4.69, 9.17) is 0 Å². The van der Waals surface area contributed by atoms with E-state index in [1.807, 2.05) is 6.92 Å². The molecule has 1 heterocycles. The molecular formula is C15H20FNO. The van der Waals surface area contributed by atoms with Crippen molar-refractivity contribution in [3.8, 4) is 0 Å². The van der Waals surface area contributed by atoms with Gasteiger partial charge in [-0.05, 0) is 50.9 Å². The smallest absolute Gasteiger partial charge is 0.169 e. The molecule has 0 aliphatic carbocycles. The normalized spacial score (nSPS) is 18.6. The first-order valence-electron chi connectivity index (χ1n) is 6.61. The molecule has 0 amide bonds. The van der Waals surface area contributed by atoms with Gasteiger partial charge in [-0.25, -0.2) is 4.39 Å². The van der Waals surface area contributed by atoms with Crippen LogP contribution in [0.2, 0.25) is 0 Å². The summed E-state index contributed by atoms with van der Waals surface area (Å²) in [4.78, 5) is 12.6. The van der Waals surface area contributed by atoms with Crippen LogP contribution in [0.15, 0.2) is 18.2 Å². The Balaban J connectivity index is 2.30. The molecule has 2 rings (SSSR count). The van der Waals surface area contributed by atoms with E-state index in [1.54, 1.807) is 19.1 Å². The van der Waals surface area contributed by atoms with Gasteiger partial charge in [-0.2, -0.15) is 0 Å². The maximum Gasteiger partial charge on any atom is 0.169 e. The van der Waals surface area contributed by atoms with Crippen molar-refractivity contribution in [1.29, 1.82) is 0 Å². The molecule has 1 aromatic rings. The summed E-state index contributed by atoms with van der Waals surface area (Å²) in [5.41, 5.74) is 0.803. The molecule has 1 aromatic carbocycles. The predicted octanol–water partition coefficient (Wildman–Crippen LogP) is 3.10. The zero-order valence-corrected chi connectivity index (χ0v) is 11.1. The van der Waals surface area contributed by atoms with Gasteiger partial charge < -0.3 is 5.32 Å². The highest BCUT2D eigenvalue weighted by Gasteiger charge is 2.38. The van der Waals surface area contributed by atoms with Crippen molar-refractivity contribution in [2.24, 2.45) is 5.41 Å². The van der Waals surface area contributed by atoms with Crippen LogP contribution < -0.4 is 5.32 Å². The second-order valence-electron chi connectivity index (χ2n) is 5.18. The molecular weight excluding hydrogens is 229 g/mol. The number of Topliss-reactive ketones (excluding diaryl/α,β-unsaturated/α-hetero) is 1. The zero-order valence-electron chi connectivity index (χ0n) is 11.1. The summed E-state index contributed by atoms with van der Waals surface area (Å²) in [7, 11) is 0. The van der Waals surface area contributed by atoms with Gasteiger partial charge in [0.05, 0.1) is 0 Å². The summed E-state index contributed by atoms with van der Waals surface area (Å²) in [6.07, 6.45) is 2.51. The monoisotopic (exact) mass is 249 g/mol. The molecule has 2 nitrogen and oxygen atoms in total. The topological polar surface area (TPSA) is 29.1 Å². The number of halogens is 1.